The Bertz CT molecular complexity index is 1070. The van der Waals surface area contributed by atoms with Gasteiger partial charge in [0.25, 0.3) is 11.6 Å². The number of hydrogen-bond donors (Lipinski definition) is 1. The Morgan fingerprint density at radius 1 is 1.10 bits per heavy atom. The molecule has 1 amide bonds. The maximum absolute atomic E-state index is 12.2. The van der Waals surface area contributed by atoms with E-state index in [2.05, 4.69) is 10.5 Å². The molecule has 0 aromatic heterocycles. The van der Waals surface area contributed by atoms with Crippen molar-refractivity contribution in [1.82, 2.24) is 5.43 Å². The summed E-state index contributed by atoms with van der Waals surface area (Å²) in [7, 11) is 1.54. The number of para-hydroxylation sites is 1. The molecule has 0 radical (unpaired) electrons. The van der Waals surface area contributed by atoms with Crippen molar-refractivity contribution >= 4 is 17.8 Å². The van der Waals surface area contributed by atoms with Crippen LogP contribution in [-0.2, 0) is 6.61 Å². The molecule has 0 unspecified atom stereocenters. The highest BCUT2D eigenvalue weighted by molar-refractivity contribution is 5.95. The molecule has 0 saturated carbocycles. The molecule has 0 saturated heterocycles. The fourth-order valence-corrected chi connectivity index (χ4v) is 2.67. The molecule has 3 aromatic carbocycles. The lowest BCUT2D eigenvalue weighted by molar-refractivity contribution is -0.384. The molecule has 30 heavy (non-hydrogen) atoms. The molecular weight excluding hydrogens is 386 g/mol. The lowest BCUT2D eigenvalue weighted by Gasteiger charge is -2.13. The maximum Gasteiger partial charge on any atom is 0.271 e. The molecule has 0 heterocycles. The predicted molar refractivity (Wildman–Crippen MR) is 112 cm³/mol. The minimum absolute atomic E-state index is 0.132. The third-order valence-corrected chi connectivity index (χ3v) is 4.14. The third-order valence-electron chi connectivity index (χ3n) is 4.14. The van der Waals surface area contributed by atoms with Gasteiger partial charge in [-0.15, -0.1) is 0 Å². The van der Waals surface area contributed by atoms with E-state index >= 15 is 0 Å². The van der Waals surface area contributed by atoms with E-state index in [9.17, 15) is 14.9 Å². The minimum Gasteiger partial charge on any atom is -0.493 e. The van der Waals surface area contributed by atoms with E-state index in [0.29, 0.717) is 23.7 Å². The number of nitrogens with one attached hydrogen (secondary N) is 1. The van der Waals surface area contributed by atoms with Gasteiger partial charge in [0.2, 0.25) is 0 Å². The third kappa shape index (κ3) is 5.20. The van der Waals surface area contributed by atoms with E-state index in [1.54, 1.807) is 18.2 Å². The van der Waals surface area contributed by atoms with Gasteiger partial charge in [0.05, 0.1) is 18.2 Å². The first-order valence-corrected chi connectivity index (χ1v) is 9.00. The van der Waals surface area contributed by atoms with Crippen LogP contribution in [0.2, 0.25) is 0 Å². The first kappa shape index (κ1) is 20.5. The van der Waals surface area contributed by atoms with E-state index in [4.69, 9.17) is 9.47 Å². The van der Waals surface area contributed by atoms with Crippen molar-refractivity contribution in [3.05, 3.63) is 99.6 Å². The van der Waals surface area contributed by atoms with Crippen molar-refractivity contribution in [3.8, 4) is 11.5 Å². The van der Waals surface area contributed by atoms with Crippen LogP contribution in [0.15, 0.2) is 77.9 Å². The topological polar surface area (TPSA) is 103 Å². The Hall–Kier alpha value is -4.20. The van der Waals surface area contributed by atoms with Gasteiger partial charge in [0.1, 0.15) is 6.61 Å². The van der Waals surface area contributed by atoms with Gasteiger partial charge in [-0.05, 0) is 23.8 Å². The number of ether oxygens (including phenoxy) is 2. The van der Waals surface area contributed by atoms with Crippen molar-refractivity contribution < 1.29 is 19.2 Å². The van der Waals surface area contributed by atoms with Crippen LogP contribution in [0, 0.1) is 10.1 Å². The maximum atomic E-state index is 12.2. The predicted octanol–water partition coefficient (Wildman–Crippen LogP) is 3.95. The number of non-ortho nitro benzene ring substituents is 1. The highest BCUT2D eigenvalue weighted by Gasteiger charge is 2.12. The molecule has 0 fully saturated rings. The standard InChI is InChI=1S/C22H19N3O5/c1-29-20-12-6-10-18(21(20)30-15-16-7-3-2-4-8-16)14-23-24-22(26)17-9-5-11-19(13-17)25(27)28/h2-14H,15H2,1H3,(H,24,26). The molecular formula is C22H19N3O5. The van der Waals surface area contributed by atoms with Gasteiger partial charge in [0, 0.05) is 23.3 Å². The Morgan fingerprint density at radius 2 is 1.87 bits per heavy atom. The summed E-state index contributed by atoms with van der Waals surface area (Å²) >= 11 is 0. The van der Waals surface area contributed by atoms with Crippen molar-refractivity contribution in [1.29, 1.82) is 0 Å². The number of hydrogen-bond acceptors (Lipinski definition) is 6. The zero-order valence-electron chi connectivity index (χ0n) is 16.1. The highest BCUT2D eigenvalue weighted by atomic mass is 16.6. The van der Waals surface area contributed by atoms with Crippen molar-refractivity contribution in [2.75, 3.05) is 7.11 Å². The van der Waals surface area contributed by atoms with Crippen LogP contribution in [-0.4, -0.2) is 24.2 Å². The molecule has 0 aliphatic carbocycles. The highest BCUT2D eigenvalue weighted by Crippen LogP contribution is 2.30. The average Bonchev–Trinajstić information content (AvgIpc) is 2.78. The van der Waals surface area contributed by atoms with E-state index in [-0.39, 0.29) is 11.3 Å². The fraction of sp³-hybridized carbons (Fsp3) is 0.0909. The molecule has 0 bridgehead atoms. The van der Waals surface area contributed by atoms with E-state index in [0.717, 1.165) is 5.56 Å². The average molecular weight is 405 g/mol. The number of amides is 1. The summed E-state index contributed by atoms with van der Waals surface area (Å²) < 4.78 is 11.3. The van der Waals surface area contributed by atoms with Gasteiger partial charge in [-0.1, -0.05) is 42.5 Å². The zero-order chi connectivity index (χ0) is 21.3. The summed E-state index contributed by atoms with van der Waals surface area (Å²) in [6.45, 7) is 0.335. The van der Waals surface area contributed by atoms with E-state index < -0.39 is 10.8 Å². The van der Waals surface area contributed by atoms with Gasteiger partial charge in [-0.3, -0.25) is 14.9 Å². The number of nitrogens with zero attached hydrogens (tertiary/aromatic N) is 2. The monoisotopic (exact) mass is 405 g/mol. The summed E-state index contributed by atoms with van der Waals surface area (Å²) in [6, 6.07) is 20.4. The van der Waals surface area contributed by atoms with Crippen LogP contribution in [0.4, 0.5) is 5.69 Å². The van der Waals surface area contributed by atoms with Crippen LogP contribution < -0.4 is 14.9 Å². The molecule has 0 spiro atoms. The number of nitro groups is 1. The van der Waals surface area contributed by atoms with E-state index in [1.165, 1.54) is 37.6 Å². The Balaban J connectivity index is 1.74. The van der Waals surface area contributed by atoms with Crippen LogP contribution >= 0.6 is 0 Å². The molecule has 8 nitrogen and oxygen atoms in total. The van der Waals surface area contributed by atoms with E-state index in [1.807, 2.05) is 30.3 Å². The largest absolute Gasteiger partial charge is 0.493 e. The number of nitro benzene ring substituents is 1. The molecule has 0 aliphatic heterocycles. The minimum atomic E-state index is -0.565. The van der Waals surface area contributed by atoms with Crippen molar-refractivity contribution in [2.24, 2.45) is 5.10 Å². The number of benzene rings is 3. The zero-order valence-corrected chi connectivity index (χ0v) is 16.1. The second-order valence-corrected chi connectivity index (χ2v) is 6.16. The summed E-state index contributed by atoms with van der Waals surface area (Å²) in [5, 5.41) is 14.8. The summed E-state index contributed by atoms with van der Waals surface area (Å²) in [6.07, 6.45) is 1.43. The number of carbonyl (C=O) groups is 1. The molecule has 8 heteroatoms. The molecule has 3 aromatic rings. The van der Waals surface area contributed by atoms with Crippen molar-refractivity contribution in [3.63, 3.8) is 0 Å². The van der Waals surface area contributed by atoms with Gasteiger partial charge in [-0.25, -0.2) is 5.43 Å². The SMILES string of the molecule is COc1cccc(C=NNC(=O)c2cccc([N+](=O)[O-])c2)c1OCc1ccccc1. The molecule has 0 atom stereocenters. The van der Waals surface area contributed by atoms with Crippen LogP contribution in [0.5, 0.6) is 11.5 Å². The Morgan fingerprint density at radius 3 is 2.60 bits per heavy atom. The first-order chi connectivity index (χ1) is 14.6. The fourth-order valence-electron chi connectivity index (χ4n) is 2.67. The molecule has 3 rings (SSSR count). The summed E-state index contributed by atoms with van der Waals surface area (Å²) in [4.78, 5) is 22.5. The molecule has 0 aliphatic rings. The van der Waals surface area contributed by atoms with Crippen LogP contribution in [0.25, 0.3) is 0 Å². The van der Waals surface area contributed by atoms with Gasteiger partial charge in [0.15, 0.2) is 11.5 Å². The Kier molecular flexibility index (Phi) is 6.73. The number of methoxy groups -OCH3 is 1. The smallest absolute Gasteiger partial charge is 0.271 e. The van der Waals surface area contributed by atoms with Crippen LogP contribution in [0.3, 0.4) is 0 Å². The second kappa shape index (κ2) is 9.83. The number of hydrazone groups is 1. The lowest BCUT2D eigenvalue weighted by atomic mass is 10.2. The quantitative estimate of drug-likeness (QED) is 0.347. The van der Waals surface area contributed by atoms with Crippen molar-refractivity contribution in [2.45, 2.75) is 6.61 Å². The first-order valence-electron chi connectivity index (χ1n) is 9.00. The normalized spacial score (nSPS) is 10.6. The van der Waals surface area contributed by atoms with Crippen LogP contribution in [0.1, 0.15) is 21.5 Å². The summed E-state index contributed by atoms with van der Waals surface area (Å²) in [5.74, 6) is 0.446. The Labute approximate surface area is 172 Å². The van der Waals surface area contributed by atoms with Gasteiger partial charge < -0.3 is 9.47 Å². The molecule has 152 valence electrons. The second-order valence-electron chi connectivity index (χ2n) is 6.16. The lowest BCUT2D eigenvalue weighted by Crippen LogP contribution is -2.17. The van der Waals surface area contributed by atoms with Gasteiger partial charge in [-0.2, -0.15) is 5.10 Å². The number of rotatable bonds is 8. The molecule has 1 N–H and O–H groups in total. The van der Waals surface area contributed by atoms with Gasteiger partial charge >= 0.3 is 0 Å². The summed E-state index contributed by atoms with van der Waals surface area (Å²) in [5.41, 5.74) is 3.92. The number of carbonyl (C=O) groups excluding carboxylic acids is 1.